The fourth-order valence-electron chi connectivity index (χ4n) is 7.71. The van der Waals surface area contributed by atoms with Gasteiger partial charge in [0.15, 0.2) is 0 Å². The minimum atomic E-state index is 0.942. The summed E-state index contributed by atoms with van der Waals surface area (Å²) in [6.45, 7) is 0. The molecule has 0 saturated carbocycles. The minimum absolute atomic E-state index is 0.942. The molecule has 43 heavy (non-hydrogen) atoms. The zero-order chi connectivity index (χ0) is 28.1. The van der Waals surface area contributed by atoms with E-state index in [0.717, 1.165) is 24.2 Å². The van der Waals surface area contributed by atoms with Gasteiger partial charge in [-0.25, -0.2) is 0 Å². The highest BCUT2D eigenvalue weighted by Gasteiger charge is 2.27. The van der Waals surface area contributed by atoms with Gasteiger partial charge in [0, 0.05) is 21.9 Å². The lowest BCUT2D eigenvalue weighted by Crippen LogP contribution is -1.98. The average Bonchev–Trinajstić information content (AvgIpc) is 3.61. The molecule has 0 aliphatic heterocycles. The highest BCUT2D eigenvalue weighted by atomic mass is 16.3. The summed E-state index contributed by atoms with van der Waals surface area (Å²) in [6, 6.07) is 44.6. The minimum Gasteiger partial charge on any atom is -0.455 e. The molecule has 10 rings (SSSR count). The fourth-order valence-corrected chi connectivity index (χ4v) is 7.71. The molecule has 0 saturated heterocycles. The lowest BCUT2D eigenvalue weighted by molar-refractivity contribution is 0.634. The van der Waals surface area contributed by atoms with Crippen molar-refractivity contribution in [3.63, 3.8) is 0 Å². The van der Waals surface area contributed by atoms with Crippen molar-refractivity contribution < 1.29 is 4.42 Å². The molecule has 2 aliphatic carbocycles. The van der Waals surface area contributed by atoms with Gasteiger partial charge in [0.05, 0.1) is 0 Å². The smallest absolute Gasteiger partial charge is 0.143 e. The van der Waals surface area contributed by atoms with Crippen LogP contribution in [0.25, 0.3) is 94.1 Å². The van der Waals surface area contributed by atoms with Crippen molar-refractivity contribution in [2.45, 2.75) is 12.8 Å². The van der Waals surface area contributed by atoms with E-state index in [1.54, 1.807) is 0 Å². The van der Waals surface area contributed by atoms with Gasteiger partial charge in [0.2, 0.25) is 0 Å². The molecule has 0 spiro atoms. The predicted octanol–water partition coefficient (Wildman–Crippen LogP) is 11.8. The molecule has 1 heterocycles. The number of furan rings is 1. The second-order valence-corrected chi connectivity index (χ2v) is 11.9. The first-order valence-corrected chi connectivity index (χ1v) is 15.2. The van der Waals surface area contributed by atoms with Crippen LogP contribution in [0.2, 0.25) is 0 Å². The third-order valence-electron chi connectivity index (χ3n) is 9.66. The maximum absolute atomic E-state index is 6.48. The number of hydrogen-bond acceptors (Lipinski definition) is 1. The first-order chi connectivity index (χ1) is 21.3. The quantitative estimate of drug-likeness (QED) is 0.197. The topological polar surface area (TPSA) is 13.1 Å². The first kappa shape index (κ1) is 23.2. The van der Waals surface area contributed by atoms with Crippen molar-refractivity contribution in [2.75, 3.05) is 0 Å². The number of aryl methyl sites for hydroxylation is 1. The van der Waals surface area contributed by atoms with Gasteiger partial charge in [0.25, 0.3) is 0 Å². The first-order valence-electron chi connectivity index (χ1n) is 15.2. The van der Waals surface area contributed by atoms with Crippen LogP contribution in [-0.4, -0.2) is 0 Å². The van der Waals surface area contributed by atoms with E-state index in [4.69, 9.17) is 4.42 Å². The standard InChI is InChI=1S/C42H26O/c1-2-14-32-30(12-1)31-13-3-4-15-33(31)37-23-28(18-20-34(32)37)26-10-5-11-27(22-26)29-19-21-39-38(24-29)41-35-16-6-8-25-9-7-17-36(40(25)35)42(41)43-39/h1-3,5-14,16-24H,4,15H2. The van der Waals surface area contributed by atoms with Gasteiger partial charge < -0.3 is 4.42 Å². The molecule has 0 bridgehead atoms. The summed E-state index contributed by atoms with van der Waals surface area (Å²) in [7, 11) is 0. The SMILES string of the molecule is C1=Cc2c(c3cc(-c4cccc(-c5ccc6oc7c(c6c5)-c5cccc6cccc-7c56)c4)ccc3c3ccccc23)CC1. The van der Waals surface area contributed by atoms with Gasteiger partial charge in [0.1, 0.15) is 11.3 Å². The van der Waals surface area contributed by atoms with E-state index in [1.165, 1.54) is 87.8 Å². The highest BCUT2D eigenvalue weighted by Crippen LogP contribution is 2.52. The molecule has 200 valence electrons. The summed E-state index contributed by atoms with van der Waals surface area (Å²) in [4.78, 5) is 0. The van der Waals surface area contributed by atoms with Crippen molar-refractivity contribution >= 4 is 49.4 Å². The summed E-state index contributed by atoms with van der Waals surface area (Å²) >= 11 is 0. The fraction of sp³-hybridized carbons (Fsp3) is 0.0476. The molecule has 0 unspecified atom stereocenters. The molecule has 0 radical (unpaired) electrons. The Morgan fingerprint density at radius 2 is 1.21 bits per heavy atom. The zero-order valence-electron chi connectivity index (χ0n) is 23.5. The van der Waals surface area contributed by atoms with Crippen LogP contribution in [0.4, 0.5) is 0 Å². The molecule has 0 atom stereocenters. The Kier molecular flexibility index (Phi) is 4.62. The Balaban J connectivity index is 1.12. The van der Waals surface area contributed by atoms with Crippen LogP contribution in [0.1, 0.15) is 17.5 Å². The summed E-state index contributed by atoms with van der Waals surface area (Å²) in [5.74, 6) is 0.995. The van der Waals surface area contributed by atoms with Crippen LogP contribution in [-0.2, 0) is 6.42 Å². The van der Waals surface area contributed by atoms with E-state index in [2.05, 4.69) is 133 Å². The zero-order valence-corrected chi connectivity index (χ0v) is 23.5. The Bertz CT molecular complexity index is 2500. The molecule has 0 amide bonds. The molecule has 7 aromatic carbocycles. The van der Waals surface area contributed by atoms with Crippen molar-refractivity contribution in [1.29, 1.82) is 0 Å². The number of benzene rings is 7. The van der Waals surface area contributed by atoms with Gasteiger partial charge >= 0.3 is 0 Å². The Hall–Kier alpha value is -5.40. The van der Waals surface area contributed by atoms with Crippen LogP contribution in [0.3, 0.4) is 0 Å². The van der Waals surface area contributed by atoms with Gasteiger partial charge in [-0.2, -0.15) is 0 Å². The predicted molar refractivity (Wildman–Crippen MR) is 181 cm³/mol. The van der Waals surface area contributed by atoms with Crippen molar-refractivity contribution in [3.05, 3.63) is 139 Å². The molecule has 2 aliphatic rings. The second-order valence-electron chi connectivity index (χ2n) is 11.9. The van der Waals surface area contributed by atoms with E-state index in [-0.39, 0.29) is 0 Å². The number of fused-ring (bicyclic) bond motifs is 11. The highest BCUT2D eigenvalue weighted by molar-refractivity contribution is 6.20. The van der Waals surface area contributed by atoms with E-state index in [0.29, 0.717) is 0 Å². The third kappa shape index (κ3) is 3.22. The van der Waals surface area contributed by atoms with Gasteiger partial charge in [-0.1, -0.05) is 109 Å². The molecule has 1 aromatic heterocycles. The van der Waals surface area contributed by atoms with E-state index in [1.807, 2.05) is 0 Å². The maximum Gasteiger partial charge on any atom is 0.143 e. The summed E-state index contributed by atoms with van der Waals surface area (Å²) in [6.07, 6.45) is 6.83. The van der Waals surface area contributed by atoms with Gasteiger partial charge in [-0.05, 0) is 103 Å². The molecular formula is C42H26O. The van der Waals surface area contributed by atoms with Crippen LogP contribution >= 0.6 is 0 Å². The molecule has 0 fully saturated rings. The Morgan fingerprint density at radius 3 is 2.07 bits per heavy atom. The molecule has 0 N–H and O–H groups in total. The van der Waals surface area contributed by atoms with Crippen LogP contribution in [0.15, 0.2) is 132 Å². The number of allylic oxidation sites excluding steroid dienone is 1. The largest absolute Gasteiger partial charge is 0.455 e. The van der Waals surface area contributed by atoms with Gasteiger partial charge in [-0.15, -0.1) is 0 Å². The third-order valence-corrected chi connectivity index (χ3v) is 9.66. The Labute approximate surface area is 249 Å². The average molecular weight is 547 g/mol. The molecule has 8 aromatic rings. The molecular weight excluding hydrogens is 520 g/mol. The normalized spacial score (nSPS) is 13.3. The van der Waals surface area contributed by atoms with Crippen LogP contribution < -0.4 is 0 Å². The van der Waals surface area contributed by atoms with Crippen LogP contribution in [0, 0.1) is 0 Å². The van der Waals surface area contributed by atoms with Gasteiger partial charge in [-0.3, -0.25) is 0 Å². The maximum atomic E-state index is 6.48. The number of hydrogen-bond donors (Lipinski definition) is 0. The summed E-state index contributed by atoms with van der Waals surface area (Å²) in [5, 5.41) is 9.16. The van der Waals surface area contributed by atoms with E-state index in [9.17, 15) is 0 Å². The monoisotopic (exact) mass is 546 g/mol. The lowest BCUT2D eigenvalue weighted by atomic mass is 9.85. The van der Waals surface area contributed by atoms with Crippen molar-refractivity contribution in [1.82, 2.24) is 0 Å². The number of rotatable bonds is 2. The summed E-state index contributed by atoms with van der Waals surface area (Å²) in [5.41, 5.74) is 12.4. The summed E-state index contributed by atoms with van der Waals surface area (Å²) < 4.78 is 6.48. The van der Waals surface area contributed by atoms with Crippen molar-refractivity contribution in [3.8, 4) is 44.7 Å². The van der Waals surface area contributed by atoms with Crippen LogP contribution in [0.5, 0.6) is 0 Å². The molecule has 1 nitrogen and oxygen atoms in total. The second kappa shape index (κ2) is 8.56. The Morgan fingerprint density at radius 1 is 0.512 bits per heavy atom. The van der Waals surface area contributed by atoms with Crippen molar-refractivity contribution in [2.24, 2.45) is 0 Å². The lowest BCUT2D eigenvalue weighted by Gasteiger charge is -2.18. The van der Waals surface area contributed by atoms with E-state index >= 15 is 0 Å². The molecule has 1 heteroatoms. The van der Waals surface area contributed by atoms with E-state index < -0.39 is 0 Å².